The highest BCUT2D eigenvalue weighted by atomic mass is 127. The molecule has 0 bridgehead atoms. The molecule has 1 saturated heterocycles. The van der Waals surface area contributed by atoms with Crippen molar-refractivity contribution in [2.75, 3.05) is 5.32 Å². The van der Waals surface area contributed by atoms with Crippen LogP contribution in [0.2, 0.25) is 0 Å². The lowest BCUT2D eigenvalue weighted by atomic mass is 9.85. The number of halogens is 2. The molecule has 3 rings (SSSR count). The summed E-state index contributed by atoms with van der Waals surface area (Å²) in [6.45, 7) is 0. The Bertz CT molecular complexity index is 509. The summed E-state index contributed by atoms with van der Waals surface area (Å²) in [7, 11) is 0. The molecule has 3 atom stereocenters. The van der Waals surface area contributed by atoms with Crippen LogP contribution in [0.25, 0.3) is 0 Å². The van der Waals surface area contributed by atoms with Gasteiger partial charge < -0.3 is 10.6 Å². The molecule has 1 heterocycles. The number of benzene rings is 1. The summed E-state index contributed by atoms with van der Waals surface area (Å²) in [6.07, 6.45) is 5.89. The number of fused-ring (bicyclic) bond motifs is 1. The normalized spacial score (nSPS) is 29.0. The molecule has 2 aliphatic rings. The summed E-state index contributed by atoms with van der Waals surface area (Å²) < 4.78 is 13.8. The van der Waals surface area contributed by atoms with E-state index in [4.69, 9.17) is 0 Å². The van der Waals surface area contributed by atoms with Crippen LogP contribution in [0.1, 0.15) is 32.1 Å². The van der Waals surface area contributed by atoms with E-state index in [1.807, 2.05) is 22.6 Å². The van der Waals surface area contributed by atoms with Crippen molar-refractivity contribution in [3.05, 3.63) is 27.6 Å². The minimum atomic E-state index is -0.280. The van der Waals surface area contributed by atoms with Crippen LogP contribution in [0.4, 0.5) is 10.1 Å². The second-order valence-electron chi connectivity index (χ2n) is 5.72. The largest absolute Gasteiger partial charge is 0.324 e. The van der Waals surface area contributed by atoms with Crippen LogP contribution < -0.4 is 10.6 Å². The van der Waals surface area contributed by atoms with E-state index in [9.17, 15) is 9.18 Å². The standard InChI is InChI=1S/C15H18FIN2O/c16-10-5-6-13(11(17)8-10)19-15(20)14-7-9-3-1-2-4-12(9)18-14/h5-6,8-9,12,14,18H,1-4,7H2,(H,19,20). The fraction of sp³-hybridized carbons (Fsp3) is 0.533. The van der Waals surface area contributed by atoms with Crippen molar-refractivity contribution in [1.82, 2.24) is 5.32 Å². The van der Waals surface area contributed by atoms with Gasteiger partial charge in [-0.2, -0.15) is 0 Å². The van der Waals surface area contributed by atoms with Gasteiger partial charge >= 0.3 is 0 Å². The van der Waals surface area contributed by atoms with Gasteiger partial charge in [0.2, 0.25) is 5.91 Å². The zero-order valence-electron chi connectivity index (χ0n) is 11.2. The average Bonchev–Trinajstić information content (AvgIpc) is 2.86. The summed E-state index contributed by atoms with van der Waals surface area (Å²) in [4.78, 5) is 12.3. The van der Waals surface area contributed by atoms with E-state index < -0.39 is 0 Å². The van der Waals surface area contributed by atoms with Crippen molar-refractivity contribution in [1.29, 1.82) is 0 Å². The van der Waals surface area contributed by atoms with Crippen LogP contribution in [0, 0.1) is 15.3 Å². The number of carbonyl (C=O) groups is 1. The number of nitrogens with one attached hydrogen (secondary N) is 2. The molecule has 108 valence electrons. The van der Waals surface area contributed by atoms with Gasteiger partial charge in [0, 0.05) is 9.61 Å². The Morgan fingerprint density at radius 3 is 2.90 bits per heavy atom. The first-order chi connectivity index (χ1) is 9.63. The monoisotopic (exact) mass is 388 g/mol. The first-order valence-corrected chi connectivity index (χ1v) is 8.23. The fourth-order valence-corrected chi connectivity index (χ4v) is 3.94. The van der Waals surface area contributed by atoms with Gasteiger partial charge in [0.1, 0.15) is 5.82 Å². The minimum Gasteiger partial charge on any atom is -0.324 e. The van der Waals surface area contributed by atoms with Crippen LogP contribution in [-0.4, -0.2) is 18.0 Å². The molecule has 0 spiro atoms. The molecule has 0 aromatic heterocycles. The van der Waals surface area contributed by atoms with Crippen LogP contribution in [0.15, 0.2) is 18.2 Å². The van der Waals surface area contributed by atoms with Gasteiger partial charge in [-0.25, -0.2) is 4.39 Å². The smallest absolute Gasteiger partial charge is 0.241 e. The number of hydrogen-bond donors (Lipinski definition) is 2. The average molecular weight is 388 g/mol. The van der Waals surface area contributed by atoms with Crippen molar-refractivity contribution < 1.29 is 9.18 Å². The number of carbonyl (C=O) groups excluding carboxylic acids is 1. The molecule has 5 heteroatoms. The van der Waals surface area contributed by atoms with Gasteiger partial charge in [-0.1, -0.05) is 12.8 Å². The SMILES string of the molecule is O=C(Nc1ccc(F)cc1I)C1CC2CCCCC2N1. The molecule has 1 aliphatic carbocycles. The van der Waals surface area contributed by atoms with Gasteiger partial charge in [0.05, 0.1) is 11.7 Å². The van der Waals surface area contributed by atoms with Gasteiger partial charge in [0.25, 0.3) is 0 Å². The van der Waals surface area contributed by atoms with E-state index in [0.29, 0.717) is 17.6 Å². The third-order valence-corrected chi connectivity index (χ3v) is 5.26. The Labute approximate surface area is 131 Å². The Morgan fingerprint density at radius 2 is 2.15 bits per heavy atom. The lowest BCUT2D eigenvalue weighted by molar-refractivity contribution is -0.117. The molecule has 2 fully saturated rings. The maximum Gasteiger partial charge on any atom is 0.241 e. The zero-order valence-corrected chi connectivity index (χ0v) is 13.3. The van der Waals surface area contributed by atoms with Crippen LogP contribution in [0.3, 0.4) is 0 Å². The number of hydrogen-bond acceptors (Lipinski definition) is 2. The highest BCUT2D eigenvalue weighted by Gasteiger charge is 2.38. The van der Waals surface area contributed by atoms with E-state index in [-0.39, 0.29) is 17.8 Å². The molecule has 1 saturated carbocycles. The Kier molecular flexibility index (Phi) is 4.26. The first-order valence-electron chi connectivity index (χ1n) is 7.15. The minimum absolute atomic E-state index is 0.00363. The van der Waals surface area contributed by atoms with Crippen LogP contribution >= 0.6 is 22.6 Å². The van der Waals surface area contributed by atoms with Gasteiger partial charge in [-0.05, 0) is 66.0 Å². The molecular weight excluding hydrogens is 370 g/mol. The highest BCUT2D eigenvalue weighted by Crippen LogP contribution is 2.33. The van der Waals surface area contributed by atoms with E-state index in [1.54, 1.807) is 6.07 Å². The molecule has 1 aromatic carbocycles. The van der Waals surface area contributed by atoms with Crippen LogP contribution in [0.5, 0.6) is 0 Å². The summed E-state index contributed by atoms with van der Waals surface area (Å²) in [6, 6.07) is 4.82. The van der Waals surface area contributed by atoms with Crippen molar-refractivity contribution in [2.24, 2.45) is 5.92 Å². The summed E-state index contributed by atoms with van der Waals surface area (Å²) in [5.41, 5.74) is 0.689. The Hall–Kier alpha value is -0.690. The highest BCUT2D eigenvalue weighted by molar-refractivity contribution is 14.1. The number of amides is 1. The van der Waals surface area contributed by atoms with E-state index in [1.165, 1.54) is 37.8 Å². The second kappa shape index (κ2) is 5.97. The summed E-state index contributed by atoms with van der Waals surface area (Å²) in [5, 5.41) is 6.37. The molecular formula is C15H18FIN2O. The van der Waals surface area contributed by atoms with Gasteiger partial charge in [0.15, 0.2) is 0 Å². The Balaban J connectivity index is 1.65. The van der Waals surface area contributed by atoms with Gasteiger partial charge in [-0.15, -0.1) is 0 Å². The second-order valence-corrected chi connectivity index (χ2v) is 6.88. The van der Waals surface area contributed by atoms with E-state index >= 15 is 0 Å². The molecule has 1 amide bonds. The van der Waals surface area contributed by atoms with E-state index in [2.05, 4.69) is 10.6 Å². The Morgan fingerprint density at radius 1 is 1.35 bits per heavy atom. The lowest BCUT2D eigenvalue weighted by Gasteiger charge is -2.24. The molecule has 20 heavy (non-hydrogen) atoms. The van der Waals surface area contributed by atoms with Crippen molar-refractivity contribution in [3.63, 3.8) is 0 Å². The number of anilines is 1. The van der Waals surface area contributed by atoms with Crippen molar-refractivity contribution in [2.45, 2.75) is 44.2 Å². The molecule has 3 nitrogen and oxygen atoms in total. The van der Waals surface area contributed by atoms with Crippen molar-refractivity contribution >= 4 is 34.2 Å². The lowest BCUT2D eigenvalue weighted by Crippen LogP contribution is -2.40. The molecule has 0 radical (unpaired) electrons. The van der Waals surface area contributed by atoms with Crippen molar-refractivity contribution in [3.8, 4) is 0 Å². The predicted octanol–water partition coefficient (Wildman–Crippen LogP) is 3.29. The molecule has 3 unspecified atom stereocenters. The zero-order chi connectivity index (χ0) is 14.1. The molecule has 2 N–H and O–H groups in total. The maximum atomic E-state index is 13.1. The molecule has 1 aliphatic heterocycles. The number of rotatable bonds is 2. The fourth-order valence-electron chi connectivity index (χ4n) is 3.33. The first kappa shape index (κ1) is 14.3. The third kappa shape index (κ3) is 2.98. The van der Waals surface area contributed by atoms with Crippen LogP contribution in [-0.2, 0) is 4.79 Å². The summed E-state index contributed by atoms with van der Waals surface area (Å²) in [5.74, 6) is 0.369. The quantitative estimate of drug-likeness (QED) is 0.764. The topological polar surface area (TPSA) is 41.1 Å². The van der Waals surface area contributed by atoms with Gasteiger partial charge in [-0.3, -0.25) is 4.79 Å². The maximum absolute atomic E-state index is 13.1. The molecule has 1 aromatic rings. The predicted molar refractivity (Wildman–Crippen MR) is 85.0 cm³/mol. The summed E-state index contributed by atoms with van der Waals surface area (Å²) >= 11 is 2.04. The third-order valence-electron chi connectivity index (χ3n) is 4.37. The van der Waals surface area contributed by atoms with E-state index in [0.717, 1.165) is 9.99 Å².